The number of rotatable bonds is 3. The molecule has 1 aliphatic heterocycles. The molecule has 3 rings (SSSR count). The standard InChI is InChI=1S/C13H18N4O/c14-13(16-18)12-10(2-1-5-15-12)8-17-7-9-3-4-11(17)6-9/h1-2,5,9,11,18H,3-4,6-8H2,(H2,14,16). The molecule has 96 valence electrons. The first-order chi connectivity index (χ1) is 8.78. The van der Waals surface area contributed by atoms with Crippen molar-refractivity contribution < 1.29 is 5.21 Å². The zero-order valence-corrected chi connectivity index (χ0v) is 10.3. The number of pyridine rings is 1. The van der Waals surface area contributed by atoms with Crippen LogP contribution in [0.25, 0.3) is 0 Å². The van der Waals surface area contributed by atoms with Crippen molar-refractivity contribution in [1.29, 1.82) is 0 Å². The Morgan fingerprint density at radius 2 is 2.44 bits per heavy atom. The molecule has 1 saturated carbocycles. The first-order valence-electron chi connectivity index (χ1n) is 6.43. The van der Waals surface area contributed by atoms with Crippen LogP contribution in [0.1, 0.15) is 30.5 Å². The molecule has 1 aromatic rings. The Morgan fingerprint density at radius 3 is 3.11 bits per heavy atom. The van der Waals surface area contributed by atoms with Gasteiger partial charge in [0.15, 0.2) is 5.84 Å². The van der Waals surface area contributed by atoms with Crippen molar-refractivity contribution in [3.05, 3.63) is 29.6 Å². The Labute approximate surface area is 106 Å². The van der Waals surface area contributed by atoms with Crippen LogP contribution in [0.5, 0.6) is 0 Å². The van der Waals surface area contributed by atoms with Crippen LogP contribution in [0.3, 0.4) is 0 Å². The lowest BCUT2D eigenvalue weighted by atomic mass is 10.1. The number of amidine groups is 1. The highest BCUT2D eigenvalue weighted by molar-refractivity contribution is 5.96. The van der Waals surface area contributed by atoms with Crippen molar-refractivity contribution in [2.24, 2.45) is 16.8 Å². The van der Waals surface area contributed by atoms with E-state index in [9.17, 15) is 0 Å². The van der Waals surface area contributed by atoms with Crippen molar-refractivity contribution in [3.63, 3.8) is 0 Å². The summed E-state index contributed by atoms with van der Waals surface area (Å²) in [5.41, 5.74) is 7.31. The highest BCUT2D eigenvalue weighted by Crippen LogP contribution is 2.38. The molecular formula is C13H18N4O. The maximum Gasteiger partial charge on any atom is 0.189 e. The SMILES string of the molecule is NC(=NO)c1ncccc1CN1CC2CCC1C2. The molecule has 2 aliphatic rings. The van der Waals surface area contributed by atoms with E-state index in [2.05, 4.69) is 15.0 Å². The molecule has 0 aromatic carbocycles. The maximum absolute atomic E-state index is 8.79. The number of likely N-dealkylation sites (tertiary alicyclic amines) is 1. The molecule has 2 heterocycles. The van der Waals surface area contributed by atoms with Gasteiger partial charge < -0.3 is 10.9 Å². The minimum atomic E-state index is 0.0926. The maximum atomic E-state index is 8.79. The molecule has 2 fully saturated rings. The molecular weight excluding hydrogens is 228 g/mol. The lowest BCUT2D eigenvalue weighted by Gasteiger charge is -2.27. The molecule has 18 heavy (non-hydrogen) atoms. The number of fused-ring (bicyclic) bond motifs is 2. The van der Waals surface area contributed by atoms with Gasteiger partial charge in [-0.2, -0.15) is 0 Å². The average molecular weight is 246 g/mol. The molecule has 0 amide bonds. The summed E-state index contributed by atoms with van der Waals surface area (Å²) >= 11 is 0. The Bertz CT molecular complexity index is 474. The molecule has 2 atom stereocenters. The number of aromatic nitrogens is 1. The second kappa shape index (κ2) is 4.57. The molecule has 0 spiro atoms. The van der Waals surface area contributed by atoms with E-state index in [-0.39, 0.29) is 5.84 Å². The van der Waals surface area contributed by atoms with Crippen LogP contribution >= 0.6 is 0 Å². The van der Waals surface area contributed by atoms with E-state index in [1.807, 2.05) is 12.1 Å². The van der Waals surface area contributed by atoms with Gasteiger partial charge in [-0.15, -0.1) is 0 Å². The lowest BCUT2D eigenvalue weighted by Crippen LogP contribution is -2.32. The number of oxime groups is 1. The van der Waals surface area contributed by atoms with Crippen LogP contribution in [0.15, 0.2) is 23.5 Å². The molecule has 2 bridgehead atoms. The van der Waals surface area contributed by atoms with Gasteiger partial charge in [0.05, 0.1) is 0 Å². The molecule has 5 heteroatoms. The summed E-state index contributed by atoms with van der Waals surface area (Å²) in [4.78, 5) is 6.71. The minimum Gasteiger partial charge on any atom is -0.409 e. The summed E-state index contributed by atoms with van der Waals surface area (Å²) in [5, 5.41) is 11.8. The molecule has 2 unspecified atom stereocenters. The number of hydrogen-bond acceptors (Lipinski definition) is 4. The third-order valence-corrected chi connectivity index (χ3v) is 4.14. The largest absolute Gasteiger partial charge is 0.409 e. The molecule has 1 aliphatic carbocycles. The molecule has 3 N–H and O–H groups in total. The Balaban J connectivity index is 1.80. The van der Waals surface area contributed by atoms with Gasteiger partial charge in [-0.3, -0.25) is 9.88 Å². The Kier molecular flexibility index (Phi) is 2.91. The van der Waals surface area contributed by atoms with E-state index < -0.39 is 0 Å². The number of piperidine rings is 1. The summed E-state index contributed by atoms with van der Waals surface area (Å²) in [7, 11) is 0. The van der Waals surface area contributed by atoms with Crippen LogP contribution in [0.4, 0.5) is 0 Å². The van der Waals surface area contributed by atoms with Gasteiger partial charge >= 0.3 is 0 Å². The van der Waals surface area contributed by atoms with Gasteiger partial charge in [0, 0.05) is 25.3 Å². The van der Waals surface area contributed by atoms with Crippen molar-refractivity contribution in [2.75, 3.05) is 6.54 Å². The zero-order chi connectivity index (χ0) is 12.5. The first kappa shape index (κ1) is 11.5. The monoisotopic (exact) mass is 246 g/mol. The third kappa shape index (κ3) is 1.95. The van der Waals surface area contributed by atoms with E-state index in [1.54, 1.807) is 6.20 Å². The predicted molar refractivity (Wildman–Crippen MR) is 68.3 cm³/mol. The molecule has 0 radical (unpaired) electrons. The summed E-state index contributed by atoms with van der Waals surface area (Å²) in [6.45, 7) is 2.02. The first-order valence-corrected chi connectivity index (χ1v) is 6.43. The van der Waals surface area contributed by atoms with E-state index in [4.69, 9.17) is 10.9 Å². The van der Waals surface area contributed by atoms with Crippen molar-refractivity contribution in [3.8, 4) is 0 Å². The van der Waals surface area contributed by atoms with Crippen molar-refractivity contribution in [2.45, 2.75) is 31.8 Å². The van der Waals surface area contributed by atoms with Crippen LogP contribution < -0.4 is 5.73 Å². The quantitative estimate of drug-likeness (QED) is 0.363. The topological polar surface area (TPSA) is 74.7 Å². The predicted octanol–water partition coefficient (Wildman–Crippen LogP) is 1.16. The molecule has 1 aromatic heterocycles. The minimum absolute atomic E-state index is 0.0926. The number of nitrogens with two attached hydrogens (primary N) is 1. The Morgan fingerprint density at radius 1 is 1.56 bits per heavy atom. The summed E-state index contributed by atoms with van der Waals surface area (Å²) in [5.74, 6) is 0.967. The van der Waals surface area contributed by atoms with Crippen LogP contribution in [-0.4, -0.2) is 33.5 Å². The summed E-state index contributed by atoms with van der Waals surface area (Å²) in [6, 6.07) is 4.62. The summed E-state index contributed by atoms with van der Waals surface area (Å²) < 4.78 is 0. The van der Waals surface area contributed by atoms with Crippen molar-refractivity contribution in [1.82, 2.24) is 9.88 Å². The van der Waals surface area contributed by atoms with E-state index in [0.717, 1.165) is 24.1 Å². The van der Waals surface area contributed by atoms with Gasteiger partial charge in [0.25, 0.3) is 0 Å². The second-order valence-corrected chi connectivity index (χ2v) is 5.26. The average Bonchev–Trinajstić information content (AvgIpc) is 3.01. The third-order valence-electron chi connectivity index (χ3n) is 4.14. The van der Waals surface area contributed by atoms with Gasteiger partial charge in [0.1, 0.15) is 5.69 Å². The van der Waals surface area contributed by atoms with Crippen LogP contribution in [0, 0.1) is 5.92 Å². The number of nitrogens with zero attached hydrogens (tertiary/aromatic N) is 3. The fourth-order valence-corrected chi connectivity index (χ4v) is 3.28. The van der Waals surface area contributed by atoms with Crippen LogP contribution in [0.2, 0.25) is 0 Å². The van der Waals surface area contributed by atoms with Gasteiger partial charge in [-0.05, 0) is 36.8 Å². The van der Waals surface area contributed by atoms with Gasteiger partial charge in [-0.25, -0.2) is 0 Å². The van der Waals surface area contributed by atoms with Gasteiger partial charge in [-0.1, -0.05) is 11.2 Å². The van der Waals surface area contributed by atoms with Crippen LogP contribution in [-0.2, 0) is 6.54 Å². The fourth-order valence-electron chi connectivity index (χ4n) is 3.28. The fraction of sp³-hybridized carbons (Fsp3) is 0.538. The summed E-state index contributed by atoms with van der Waals surface area (Å²) in [6.07, 6.45) is 5.69. The number of hydrogen-bond donors (Lipinski definition) is 2. The smallest absolute Gasteiger partial charge is 0.189 e. The van der Waals surface area contributed by atoms with Gasteiger partial charge in [0.2, 0.25) is 0 Å². The Hall–Kier alpha value is -1.62. The second-order valence-electron chi connectivity index (χ2n) is 5.26. The highest BCUT2D eigenvalue weighted by atomic mass is 16.4. The molecule has 5 nitrogen and oxygen atoms in total. The van der Waals surface area contributed by atoms with E-state index in [1.165, 1.54) is 25.8 Å². The molecule has 1 saturated heterocycles. The van der Waals surface area contributed by atoms with Crippen molar-refractivity contribution >= 4 is 5.84 Å². The lowest BCUT2D eigenvalue weighted by molar-refractivity contribution is 0.205. The zero-order valence-electron chi connectivity index (χ0n) is 10.3. The normalized spacial score (nSPS) is 27.9. The van der Waals surface area contributed by atoms with E-state index in [0.29, 0.717) is 5.69 Å². The van der Waals surface area contributed by atoms with E-state index >= 15 is 0 Å². The highest BCUT2D eigenvalue weighted by Gasteiger charge is 2.37.